The minimum atomic E-state index is -0.460. The number of nitro groups is 1. The molecule has 0 saturated carbocycles. The Bertz CT molecular complexity index is 434. The van der Waals surface area contributed by atoms with Gasteiger partial charge in [0.2, 0.25) is 0 Å². The van der Waals surface area contributed by atoms with Crippen LogP contribution in [0.3, 0.4) is 0 Å². The van der Waals surface area contributed by atoms with Gasteiger partial charge in [0, 0.05) is 13.2 Å². The van der Waals surface area contributed by atoms with Gasteiger partial charge in [0.05, 0.1) is 4.92 Å². The molecule has 0 fully saturated rings. The number of nitro benzene ring substituents is 1. The molecule has 7 nitrogen and oxygen atoms in total. The lowest BCUT2D eigenvalue weighted by atomic mass is 10.00. The molecular formula is C13H22N4O3. The van der Waals surface area contributed by atoms with E-state index in [1.807, 2.05) is 0 Å². The maximum Gasteiger partial charge on any atom is 0.316 e. The Balaban J connectivity index is 2.83. The van der Waals surface area contributed by atoms with Gasteiger partial charge in [-0.05, 0) is 30.9 Å². The second kappa shape index (κ2) is 8.34. The Hall–Kier alpha value is -1.86. The highest BCUT2D eigenvalue weighted by atomic mass is 16.6. The molecule has 0 saturated heterocycles. The third-order valence-corrected chi connectivity index (χ3v) is 3.19. The van der Waals surface area contributed by atoms with E-state index >= 15 is 0 Å². The van der Waals surface area contributed by atoms with Gasteiger partial charge in [0.1, 0.15) is 11.4 Å². The zero-order valence-electron chi connectivity index (χ0n) is 11.6. The van der Waals surface area contributed by atoms with E-state index in [0.717, 1.165) is 12.8 Å². The fourth-order valence-electron chi connectivity index (χ4n) is 2.19. The molecule has 0 aliphatic carbocycles. The van der Waals surface area contributed by atoms with Crippen LogP contribution in [0.15, 0.2) is 18.2 Å². The predicted octanol–water partition coefficient (Wildman–Crippen LogP) is 2.09. The van der Waals surface area contributed by atoms with Gasteiger partial charge in [0.25, 0.3) is 0 Å². The summed E-state index contributed by atoms with van der Waals surface area (Å²) < 4.78 is 0. The van der Waals surface area contributed by atoms with E-state index in [0.29, 0.717) is 24.6 Å². The molecule has 0 radical (unpaired) electrons. The molecule has 112 valence electrons. The van der Waals surface area contributed by atoms with Crippen LogP contribution in [0.1, 0.15) is 26.2 Å². The largest absolute Gasteiger partial charge is 0.396 e. The van der Waals surface area contributed by atoms with Crippen LogP contribution in [0.25, 0.3) is 0 Å². The smallest absolute Gasteiger partial charge is 0.316 e. The second-order valence-corrected chi connectivity index (χ2v) is 4.65. The number of nitrogens with two attached hydrogens (primary N) is 1. The Morgan fingerprint density at radius 1 is 1.40 bits per heavy atom. The fraction of sp³-hybridized carbons (Fsp3) is 0.538. The van der Waals surface area contributed by atoms with Crippen molar-refractivity contribution in [2.45, 2.75) is 26.2 Å². The quantitative estimate of drug-likeness (QED) is 0.313. The van der Waals surface area contributed by atoms with E-state index in [2.05, 4.69) is 17.7 Å². The second-order valence-electron chi connectivity index (χ2n) is 4.65. The van der Waals surface area contributed by atoms with Gasteiger partial charge in [-0.1, -0.05) is 19.4 Å². The summed E-state index contributed by atoms with van der Waals surface area (Å²) in [5, 5.41) is 23.2. The number of aliphatic hydroxyl groups is 1. The fourth-order valence-corrected chi connectivity index (χ4v) is 2.19. The normalized spacial score (nSPS) is 11.9. The molecule has 0 spiro atoms. The maximum atomic E-state index is 11.1. The number of nitrogens with one attached hydrogen (secondary N) is 2. The number of rotatable bonds is 9. The standard InChI is InChI=1S/C13H22N4O3/c1-2-4-10(7-8-18)9-15-11-5-3-6-12(16-14)13(11)17(19)20/h3,5-6,10,15-16,18H,2,4,7-9,14H2,1H3. The zero-order chi connectivity index (χ0) is 15.0. The van der Waals surface area contributed by atoms with Gasteiger partial charge in [-0.2, -0.15) is 0 Å². The van der Waals surface area contributed by atoms with Crippen LogP contribution in [0, 0.1) is 16.0 Å². The molecule has 1 atom stereocenters. The number of benzene rings is 1. The van der Waals surface area contributed by atoms with Crippen molar-refractivity contribution >= 4 is 17.1 Å². The molecule has 0 aliphatic heterocycles. The SMILES string of the molecule is CCCC(CCO)CNc1cccc(NN)c1[N+](=O)[O-]. The van der Waals surface area contributed by atoms with Crippen LogP contribution in [-0.4, -0.2) is 23.2 Å². The van der Waals surface area contributed by atoms with Crippen LogP contribution in [0.4, 0.5) is 17.1 Å². The number of hydrogen-bond acceptors (Lipinski definition) is 6. The summed E-state index contributed by atoms with van der Waals surface area (Å²) in [6.07, 6.45) is 2.67. The van der Waals surface area contributed by atoms with E-state index in [-0.39, 0.29) is 18.0 Å². The number of hydrogen-bond donors (Lipinski definition) is 4. The lowest BCUT2D eigenvalue weighted by molar-refractivity contribution is -0.383. The highest BCUT2D eigenvalue weighted by Crippen LogP contribution is 2.32. The van der Waals surface area contributed by atoms with E-state index in [4.69, 9.17) is 10.9 Å². The molecule has 0 aliphatic rings. The Morgan fingerprint density at radius 2 is 2.10 bits per heavy atom. The highest BCUT2D eigenvalue weighted by Gasteiger charge is 2.19. The molecule has 7 heteroatoms. The summed E-state index contributed by atoms with van der Waals surface area (Å²) in [5.74, 6) is 5.58. The maximum absolute atomic E-state index is 11.1. The van der Waals surface area contributed by atoms with Crippen molar-refractivity contribution in [2.75, 3.05) is 23.9 Å². The summed E-state index contributed by atoms with van der Waals surface area (Å²) in [6, 6.07) is 4.91. The van der Waals surface area contributed by atoms with Crippen molar-refractivity contribution in [1.29, 1.82) is 0 Å². The summed E-state index contributed by atoms with van der Waals surface area (Å²) in [5.41, 5.74) is 2.98. The van der Waals surface area contributed by atoms with Crippen molar-refractivity contribution in [3.8, 4) is 0 Å². The number of anilines is 2. The molecule has 0 heterocycles. The third kappa shape index (κ3) is 4.36. The monoisotopic (exact) mass is 282 g/mol. The first-order valence-electron chi connectivity index (χ1n) is 6.72. The average Bonchev–Trinajstić information content (AvgIpc) is 2.44. The Labute approximate surface area is 118 Å². The molecule has 1 unspecified atom stereocenters. The summed E-state index contributed by atoms with van der Waals surface area (Å²) in [4.78, 5) is 10.7. The van der Waals surface area contributed by atoms with Gasteiger partial charge < -0.3 is 15.8 Å². The van der Waals surface area contributed by atoms with Crippen molar-refractivity contribution in [1.82, 2.24) is 0 Å². The van der Waals surface area contributed by atoms with E-state index < -0.39 is 4.92 Å². The minimum absolute atomic E-state index is 0.0609. The van der Waals surface area contributed by atoms with Crippen LogP contribution in [-0.2, 0) is 0 Å². The van der Waals surface area contributed by atoms with E-state index in [9.17, 15) is 10.1 Å². The number of hydrazine groups is 1. The molecule has 1 rings (SSSR count). The first-order valence-corrected chi connectivity index (χ1v) is 6.72. The van der Waals surface area contributed by atoms with Gasteiger partial charge in [-0.3, -0.25) is 16.0 Å². The lowest BCUT2D eigenvalue weighted by Gasteiger charge is -2.17. The third-order valence-electron chi connectivity index (χ3n) is 3.19. The summed E-state index contributed by atoms with van der Waals surface area (Å²) in [7, 11) is 0. The molecule has 20 heavy (non-hydrogen) atoms. The molecule has 1 aromatic carbocycles. The topological polar surface area (TPSA) is 113 Å². The van der Waals surface area contributed by atoms with Gasteiger partial charge in [-0.15, -0.1) is 0 Å². The van der Waals surface area contributed by atoms with Crippen molar-refractivity contribution < 1.29 is 10.0 Å². The molecule has 0 bridgehead atoms. The average molecular weight is 282 g/mol. The first kappa shape index (κ1) is 16.2. The molecular weight excluding hydrogens is 260 g/mol. The number of nitrogen functional groups attached to an aromatic ring is 1. The molecule has 5 N–H and O–H groups in total. The summed E-state index contributed by atoms with van der Waals surface area (Å²) >= 11 is 0. The van der Waals surface area contributed by atoms with Gasteiger partial charge in [-0.25, -0.2) is 0 Å². The number of nitrogens with zero attached hydrogens (tertiary/aromatic N) is 1. The van der Waals surface area contributed by atoms with Crippen LogP contribution in [0.2, 0.25) is 0 Å². The summed E-state index contributed by atoms with van der Waals surface area (Å²) in [6.45, 7) is 2.79. The number of aliphatic hydroxyl groups excluding tert-OH is 1. The van der Waals surface area contributed by atoms with Crippen LogP contribution < -0.4 is 16.6 Å². The van der Waals surface area contributed by atoms with Crippen LogP contribution >= 0.6 is 0 Å². The van der Waals surface area contributed by atoms with E-state index in [1.54, 1.807) is 18.2 Å². The Kier molecular flexibility index (Phi) is 6.75. The predicted molar refractivity (Wildman–Crippen MR) is 79.5 cm³/mol. The molecule has 1 aromatic rings. The lowest BCUT2D eigenvalue weighted by Crippen LogP contribution is -2.17. The van der Waals surface area contributed by atoms with Crippen molar-refractivity contribution in [3.63, 3.8) is 0 Å². The van der Waals surface area contributed by atoms with Gasteiger partial charge >= 0.3 is 5.69 Å². The van der Waals surface area contributed by atoms with Crippen molar-refractivity contribution in [3.05, 3.63) is 28.3 Å². The first-order chi connectivity index (χ1) is 9.63. The van der Waals surface area contributed by atoms with Crippen molar-refractivity contribution in [2.24, 2.45) is 11.8 Å². The van der Waals surface area contributed by atoms with Crippen LogP contribution in [0.5, 0.6) is 0 Å². The van der Waals surface area contributed by atoms with E-state index in [1.165, 1.54) is 0 Å². The molecule has 0 aromatic heterocycles. The zero-order valence-corrected chi connectivity index (χ0v) is 11.6. The highest BCUT2D eigenvalue weighted by molar-refractivity contribution is 5.75. The number of para-hydroxylation sites is 1. The molecule has 0 amide bonds. The van der Waals surface area contributed by atoms with Gasteiger partial charge in [0.15, 0.2) is 0 Å². The Morgan fingerprint density at radius 3 is 2.65 bits per heavy atom. The minimum Gasteiger partial charge on any atom is -0.396 e.